The van der Waals surface area contributed by atoms with Gasteiger partial charge in [0.1, 0.15) is 34.8 Å². The van der Waals surface area contributed by atoms with Crippen molar-refractivity contribution in [1.82, 2.24) is 4.98 Å². The summed E-state index contributed by atoms with van der Waals surface area (Å²) in [7, 11) is 0. The lowest BCUT2D eigenvalue weighted by Gasteiger charge is -2.23. The number of carbonyl (C=O) groups excluding carboxylic acids is 3. The van der Waals surface area contributed by atoms with E-state index in [2.05, 4.69) is 18.5 Å². The molecule has 1 saturated heterocycles. The van der Waals surface area contributed by atoms with Gasteiger partial charge in [-0.25, -0.2) is 9.78 Å². The highest BCUT2D eigenvalue weighted by Crippen LogP contribution is 2.45. The van der Waals surface area contributed by atoms with Crippen LogP contribution in [0.25, 0.3) is 5.76 Å². The van der Waals surface area contributed by atoms with Crippen molar-refractivity contribution in [1.29, 1.82) is 0 Å². The number of aliphatic hydroxyl groups excluding tert-OH is 1. The zero-order valence-electron chi connectivity index (χ0n) is 23.7. The Bertz CT molecular complexity index is 1590. The van der Waals surface area contributed by atoms with E-state index in [1.54, 1.807) is 49.4 Å². The van der Waals surface area contributed by atoms with Crippen LogP contribution in [-0.4, -0.2) is 47.1 Å². The molecule has 2 atom stereocenters. The molecule has 9 nitrogen and oxygen atoms in total. The lowest BCUT2D eigenvalue weighted by Crippen LogP contribution is -2.29. The minimum Gasteiger partial charge on any atom is -0.507 e. The van der Waals surface area contributed by atoms with Gasteiger partial charge < -0.3 is 19.3 Å². The monoisotopic (exact) mass is 588 g/mol. The maximum Gasteiger partial charge on any atom is 0.350 e. The van der Waals surface area contributed by atoms with Gasteiger partial charge in [0.25, 0.3) is 5.78 Å². The largest absolute Gasteiger partial charge is 0.507 e. The Morgan fingerprint density at radius 2 is 2.07 bits per heavy atom. The molecule has 0 radical (unpaired) electrons. The maximum atomic E-state index is 13.6. The molecule has 5 rings (SSSR count). The lowest BCUT2D eigenvalue weighted by molar-refractivity contribution is -0.132. The average molecular weight is 589 g/mol. The van der Waals surface area contributed by atoms with E-state index in [4.69, 9.17) is 14.2 Å². The SMILES string of the molecule is C=CCOC(=O)c1sc(N2C(=O)C(=O)/C(=C(/O)c3ccc4c(c3)CC(C)O4)C2c2cccc(OCCCC)c2)nc1C. The van der Waals surface area contributed by atoms with Gasteiger partial charge in [-0.3, -0.25) is 14.5 Å². The van der Waals surface area contributed by atoms with Crippen LogP contribution in [-0.2, 0) is 20.7 Å². The standard InChI is InChI=1S/C32H32N2O7S/c1-5-7-14-39-23-10-8-9-20(17-23)26-25(27(35)21-11-12-24-22(16-21)15-18(3)41-24)28(36)30(37)34(26)32-33-19(4)29(42-32)31(38)40-13-6-2/h6,8-12,16-18,26,35H,2,5,7,13-15H2,1,3-4H3/b27-25+. The fourth-order valence-electron chi connectivity index (χ4n) is 5.05. The van der Waals surface area contributed by atoms with Crippen LogP contribution in [0.3, 0.4) is 0 Å². The number of esters is 1. The molecule has 2 aliphatic heterocycles. The molecular formula is C32H32N2O7S. The summed E-state index contributed by atoms with van der Waals surface area (Å²) in [6.07, 6.45) is 3.94. The number of ketones is 1. The Hall–Kier alpha value is -4.44. The number of fused-ring (bicyclic) bond motifs is 1. The Labute approximate surface area is 248 Å². The molecular weight excluding hydrogens is 556 g/mol. The summed E-state index contributed by atoms with van der Waals surface area (Å²) in [6.45, 7) is 9.74. The molecule has 2 aliphatic rings. The zero-order valence-corrected chi connectivity index (χ0v) is 24.5. The molecule has 218 valence electrons. The first-order valence-electron chi connectivity index (χ1n) is 13.8. The van der Waals surface area contributed by atoms with E-state index in [0.717, 1.165) is 35.5 Å². The second-order valence-electron chi connectivity index (χ2n) is 10.2. The third-order valence-corrected chi connectivity index (χ3v) is 8.20. The first-order chi connectivity index (χ1) is 20.2. The summed E-state index contributed by atoms with van der Waals surface area (Å²) in [5, 5.41) is 11.7. The molecule has 10 heteroatoms. The number of carbonyl (C=O) groups is 3. The Morgan fingerprint density at radius 1 is 1.26 bits per heavy atom. The predicted octanol–water partition coefficient (Wildman–Crippen LogP) is 5.92. The van der Waals surface area contributed by atoms with Crippen LogP contribution >= 0.6 is 11.3 Å². The van der Waals surface area contributed by atoms with E-state index in [9.17, 15) is 19.5 Å². The number of hydrogen-bond acceptors (Lipinski definition) is 9. The molecule has 1 N–H and O–H groups in total. The summed E-state index contributed by atoms with van der Waals surface area (Å²) in [5.41, 5.74) is 2.12. The Morgan fingerprint density at radius 3 is 2.83 bits per heavy atom. The summed E-state index contributed by atoms with van der Waals surface area (Å²) in [5.74, 6) is -1.34. The van der Waals surface area contributed by atoms with Gasteiger partial charge in [-0.05, 0) is 61.7 Å². The van der Waals surface area contributed by atoms with Crippen LogP contribution in [0.4, 0.5) is 5.13 Å². The number of hydrogen-bond donors (Lipinski definition) is 1. The second-order valence-corrected chi connectivity index (χ2v) is 11.2. The van der Waals surface area contributed by atoms with Crippen LogP contribution in [0.5, 0.6) is 11.5 Å². The Kier molecular flexibility index (Phi) is 8.44. The van der Waals surface area contributed by atoms with Gasteiger partial charge in [0, 0.05) is 12.0 Å². The number of aliphatic hydroxyl groups is 1. The summed E-state index contributed by atoms with van der Waals surface area (Å²) in [6, 6.07) is 11.3. The van der Waals surface area contributed by atoms with Gasteiger partial charge in [0.05, 0.1) is 23.9 Å². The van der Waals surface area contributed by atoms with Crippen molar-refractivity contribution in [2.45, 2.75) is 52.2 Å². The maximum absolute atomic E-state index is 13.6. The molecule has 3 heterocycles. The van der Waals surface area contributed by atoms with E-state index in [1.807, 2.05) is 6.92 Å². The average Bonchev–Trinajstić information content (AvgIpc) is 3.63. The van der Waals surface area contributed by atoms with Crippen LogP contribution in [0.1, 0.15) is 64.8 Å². The third-order valence-electron chi connectivity index (χ3n) is 7.06. The molecule has 2 aromatic carbocycles. The van der Waals surface area contributed by atoms with E-state index in [1.165, 1.54) is 11.0 Å². The highest BCUT2D eigenvalue weighted by Gasteiger charge is 2.48. The van der Waals surface area contributed by atoms with E-state index in [0.29, 0.717) is 35.6 Å². The number of thiazole rings is 1. The number of aromatic nitrogens is 1. The highest BCUT2D eigenvalue weighted by atomic mass is 32.1. The van der Waals surface area contributed by atoms with Gasteiger partial charge in [0.2, 0.25) is 0 Å². The molecule has 0 aliphatic carbocycles. The third kappa shape index (κ3) is 5.54. The van der Waals surface area contributed by atoms with Crippen LogP contribution in [0, 0.1) is 6.92 Å². The number of rotatable bonds is 10. The first-order valence-corrected chi connectivity index (χ1v) is 14.6. The molecule has 2 unspecified atom stereocenters. The number of unbranched alkanes of at least 4 members (excludes halogenated alkanes) is 1. The highest BCUT2D eigenvalue weighted by molar-refractivity contribution is 7.17. The quantitative estimate of drug-likeness (QED) is 0.0775. The molecule has 0 spiro atoms. The fourth-order valence-corrected chi connectivity index (χ4v) is 6.04. The number of amides is 1. The molecule has 3 aromatic rings. The van der Waals surface area contributed by atoms with Crippen molar-refractivity contribution >= 4 is 39.9 Å². The second kappa shape index (κ2) is 12.2. The number of aryl methyl sites for hydroxylation is 1. The first kappa shape index (κ1) is 29.1. The minimum absolute atomic E-state index is 0.000988. The number of Topliss-reactive ketones (excluding diaryl/α,β-unsaturated/α-hetero) is 1. The Balaban J connectivity index is 1.63. The normalized spacial score (nSPS) is 19.0. The lowest BCUT2D eigenvalue weighted by atomic mass is 9.94. The van der Waals surface area contributed by atoms with Gasteiger partial charge in [-0.15, -0.1) is 0 Å². The number of anilines is 1. The smallest absolute Gasteiger partial charge is 0.350 e. The molecule has 42 heavy (non-hydrogen) atoms. The number of nitrogens with zero attached hydrogens (tertiary/aromatic N) is 2. The van der Waals surface area contributed by atoms with Crippen LogP contribution in [0.15, 0.2) is 60.7 Å². The zero-order chi connectivity index (χ0) is 30.0. The van der Waals surface area contributed by atoms with E-state index in [-0.39, 0.29) is 34.1 Å². The van der Waals surface area contributed by atoms with E-state index < -0.39 is 23.7 Å². The topological polar surface area (TPSA) is 115 Å². The molecule has 1 amide bonds. The van der Waals surface area contributed by atoms with Gasteiger partial charge >= 0.3 is 11.9 Å². The van der Waals surface area contributed by atoms with Crippen LogP contribution in [0.2, 0.25) is 0 Å². The van der Waals surface area contributed by atoms with Gasteiger partial charge in [-0.2, -0.15) is 0 Å². The van der Waals surface area contributed by atoms with Crippen molar-refractivity contribution in [2.75, 3.05) is 18.1 Å². The predicted molar refractivity (Wildman–Crippen MR) is 159 cm³/mol. The van der Waals surface area contributed by atoms with E-state index >= 15 is 0 Å². The van der Waals surface area contributed by atoms with Gasteiger partial charge in [0.15, 0.2) is 5.13 Å². The van der Waals surface area contributed by atoms with Crippen molar-refractivity contribution in [3.8, 4) is 11.5 Å². The van der Waals surface area contributed by atoms with Crippen molar-refractivity contribution in [2.24, 2.45) is 0 Å². The minimum atomic E-state index is -1.02. The summed E-state index contributed by atoms with van der Waals surface area (Å²) in [4.78, 5) is 45.9. The molecule has 0 saturated carbocycles. The molecule has 1 aromatic heterocycles. The van der Waals surface area contributed by atoms with Gasteiger partial charge in [-0.1, -0.05) is 49.5 Å². The fraction of sp³-hybridized carbons (Fsp3) is 0.312. The van der Waals surface area contributed by atoms with Crippen molar-refractivity contribution in [3.63, 3.8) is 0 Å². The van der Waals surface area contributed by atoms with Crippen LogP contribution < -0.4 is 14.4 Å². The van der Waals surface area contributed by atoms with Crippen molar-refractivity contribution in [3.05, 3.63) is 88.0 Å². The molecule has 0 bridgehead atoms. The number of ether oxygens (including phenoxy) is 3. The van der Waals surface area contributed by atoms with Crippen molar-refractivity contribution < 1.29 is 33.7 Å². The number of benzene rings is 2. The summed E-state index contributed by atoms with van der Waals surface area (Å²) < 4.78 is 16.9. The molecule has 1 fully saturated rings. The summed E-state index contributed by atoms with van der Waals surface area (Å²) >= 11 is 0.948.